The Morgan fingerprint density at radius 1 is 1.04 bits per heavy atom. The summed E-state index contributed by atoms with van der Waals surface area (Å²) in [5, 5.41) is 3.76. The summed E-state index contributed by atoms with van der Waals surface area (Å²) in [6.45, 7) is 3.95. The number of fused-ring (bicyclic) bond motifs is 2. The molecule has 0 aliphatic carbocycles. The Hall–Kier alpha value is -3.28. The molecule has 0 bridgehead atoms. The van der Waals surface area contributed by atoms with Gasteiger partial charge >= 0.3 is 5.63 Å². The zero-order valence-corrected chi connectivity index (χ0v) is 15.1. The smallest absolute Gasteiger partial charge is 0.336 e. The van der Waals surface area contributed by atoms with E-state index < -0.39 is 0 Å². The van der Waals surface area contributed by atoms with E-state index in [0.29, 0.717) is 18.4 Å². The first-order valence-electron chi connectivity index (χ1n) is 8.73. The molecule has 1 aliphatic rings. The van der Waals surface area contributed by atoms with Crippen LogP contribution in [0.1, 0.15) is 23.1 Å². The molecule has 0 atom stereocenters. The molecule has 0 fully saturated rings. The zero-order chi connectivity index (χ0) is 19.0. The number of rotatable bonds is 4. The average molecular weight is 365 g/mol. The SMILES string of the molecule is Cc1cc2oc(=O)cc(C)c2cc1NC(=O)CCc1ccc2c(c1)OCO2. The lowest BCUT2D eigenvalue weighted by Crippen LogP contribution is -2.13. The Morgan fingerprint density at radius 3 is 2.70 bits per heavy atom. The molecule has 0 saturated carbocycles. The number of ether oxygens (including phenoxy) is 2. The predicted octanol–water partition coefficient (Wildman–Crippen LogP) is 3.71. The molecule has 3 aromatic rings. The van der Waals surface area contributed by atoms with Crippen LogP contribution in [0.5, 0.6) is 11.5 Å². The van der Waals surface area contributed by atoms with Gasteiger partial charge in [-0.1, -0.05) is 6.07 Å². The molecule has 6 nitrogen and oxygen atoms in total. The van der Waals surface area contributed by atoms with E-state index >= 15 is 0 Å². The zero-order valence-electron chi connectivity index (χ0n) is 15.1. The lowest BCUT2D eigenvalue weighted by atomic mass is 10.1. The highest BCUT2D eigenvalue weighted by molar-refractivity contribution is 5.95. The Kier molecular flexibility index (Phi) is 4.32. The molecule has 0 saturated heterocycles. The van der Waals surface area contributed by atoms with Crippen LogP contribution in [0.25, 0.3) is 11.0 Å². The fourth-order valence-electron chi connectivity index (χ4n) is 3.17. The van der Waals surface area contributed by atoms with Crippen LogP contribution in [0.3, 0.4) is 0 Å². The van der Waals surface area contributed by atoms with Gasteiger partial charge in [-0.3, -0.25) is 4.79 Å². The number of aryl methyl sites for hydroxylation is 3. The topological polar surface area (TPSA) is 77.8 Å². The minimum absolute atomic E-state index is 0.0786. The number of nitrogens with one attached hydrogen (secondary N) is 1. The number of anilines is 1. The van der Waals surface area contributed by atoms with Gasteiger partial charge in [0.15, 0.2) is 11.5 Å². The van der Waals surface area contributed by atoms with Crippen LogP contribution in [-0.4, -0.2) is 12.7 Å². The van der Waals surface area contributed by atoms with Crippen LogP contribution < -0.4 is 20.4 Å². The average Bonchev–Trinajstić information content (AvgIpc) is 3.09. The summed E-state index contributed by atoms with van der Waals surface area (Å²) >= 11 is 0. The second-order valence-corrected chi connectivity index (χ2v) is 6.65. The fraction of sp³-hybridized carbons (Fsp3) is 0.238. The highest BCUT2D eigenvalue weighted by Crippen LogP contribution is 2.33. The number of benzene rings is 2. The fourth-order valence-corrected chi connectivity index (χ4v) is 3.17. The molecule has 1 aromatic heterocycles. The van der Waals surface area contributed by atoms with Crippen molar-refractivity contribution in [1.29, 1.82) is 0 Å². The summed E-state index contributed by atoms with van der Waals surface area (Å²) in [6, 6.07) is 10.8. The van der Waals surface area contributed by atoms with Crippen LogP contribution in [0.4, 0.5) is 5.69 Å². The summed E-state index contributed by atoms with van der Waals surface area (Å²) in [6.07, 6.45) is 0.947. The van der Waals surface area contributed by atoms with Crippen molar-refractivity contribution < 1.29 is 18.7 Å². The molecule has 6 heteroatoms. The van der Waals surface area contributed by atoms with Gasteiger partial charge in [-0.15, -0.1) is 0 Å². The summed E-state index contributed by atoms with van der Waals surface area (Å²) in [5.41, 5.74) is 3.54. The van der Waals surface area contributed by atoms with Crippen molar-refractivity contribution in [1.82, 2.24) is 0 Å². The van der Waals surface area contributed by atoms with E-state index in [4.69, 9.17) is 13.9 Å². The van der Waals surface area contributed by atoms with Crippen LogP contribution in [0, 0.1) is 13.8 Å². The first-order valence-corrected chi connectivity index (χ1v) is 8.73. The van der Waals surface area contributed by atoms with E-state index in [9.17, 15) is 9.59 Å². The second kappa shape index (κ2) is 6.79. The maximum absolute atomic E-state index is 12.4. The largest absolute Gasteiger partial charge is 0.454 e. The third kappa shape index (κ3) is 3.51. The van der Waals surface area contributed by atoms with Crippen molar-refractivity contribution >= 4 is 22.6 Å². The molecular formula is C21H19NO5. The Bertz CT molecular complexity index is 1100. The maximum Gasteiger partial charge on any atom is 0.336 e. The Labute approximate surface area is 155 Å². The molecule has 27 heavy (non-hydrogen) atoms. The number of hydrogen-bond donors (Lipinski definition) is 1. The molecule has 0 spiro atoms. The lowest BCUT2D eigenvalue weighted by Gasteiger charge is -2.11. The van der Waals surface area contributed by atoms with Gasteiger partial charge < -0.3 is 19.2 Å². The van der Waals surface area contributed by atoms with E-state index in [1.165, 1.54) is 6.07 Å². The standard InChI is InChI=1S/C21H19NO5/c1-12-8-21(24)27-18-7-13(2)16(10-15(12)18)22-20(23)6-4-14-3-5-17-19(9-14)26-11-25-17/h3,5,7-10H,4,6,11H2,1-2H3,(H,22,23). The van der Waals surface area contributed by atoms with Gasteiger partial charge in [0.2, 0.25) is 12.7 Å². The van der Waals surface area contributed by atoms with E-state index in [1.54, 1.807) is 6.07 Å². The van der Waals surface area contributed by atoms with E-state index in [-0.39, 0.29) is 18.3 Å². The van der Waals surface area contributed by atoms with Crippen LogP contribution in [0.2, 0.25) is 0 Å². The molecule has 1 aliphatic heterocycles. The van der Waals surface area contributed by atoms with Gasteiger partial charge in [-0.05, 0) is 61.2 Å². The van der Waals surface area contributed by atoms with Crippen molar-refractivity contribution in [3.05, 3.63) is 63.5 Å². The van der Waals surface area contributed by atoms with Crippen molar-refractivity contribution in [3.63, 3.8) is 0 Å². The minimum atomic E-state index is -0.375. The third-order valence-corrected chi connectivity index (χ3v) is 4.65. The first kappa shape index (κ1) is 17.1. The highest BCUT2D eigenvalue weighted by Gasteiger charge is 2.14. The van der Waals surface area contributed by atoms with Gasteiger partial charge in [0.1, 0.15) is 5.58 Å². The van der Waals surface area contributed by atoms with Crippen LogP contribution in [0.15, 0.2) is 45.6 Å². The molecule has 2 heterocycles. The van der Waals surface area contributed by atoms with Crippen molar-refractivity contribution in [2.75, 3.05) is 12.1 Å². The maximum atomic E-state index is 12.4. The first-order chi connectivity index (χ1) is 13.0. The van der Waals surface area contributed by atoms with Crippen LogP contribution in [-0.2, 0) is 11.2 Å². The molecule has 4 rings (SSSR count). The normalized spacial score (nSPS) is 12.4. The second-order valence-electron chi connectivity index (χ2n) is 6.65. The minimum Gasteiger partial charge on any atom is -0.454 e. The quantitative estimate of drug-likeness (QED) is 0.713. The monoisotopic (exact) mass is 365 g/mol. The number of hydrogen-bond acceptors (Lipinski definition) is 5. The van der Waals surface area contributed by atoms with Gasteiger partial charge in [-0.2, -0.15) is 0 Å². The molecule has 1 N–H and O–H groups in total. The molecular weight excluding hydrogens is 346 g/mol. The highest BCUT2D eigenvalue weighted by atomic mass is 16.7. The van der Waals surface area contributed by atoms with E-state index in [0.717, 1.165) is 39.3 Å². The summed E-state index contributed by atoms with van der Waals surface area (Å²) in [7, 11) is 0. The molecule has 0 unspecified atom stereocenters. The molecule has 2 aromatic carbocycles. The van der Waals surface area contributed by atoms with Crippen molar-refractivity contribution in [2.45, 2.75) is 26.7 Å². The summed E-state index contributed by atoms with van der Waals surface area (Å²) in [4.78, 5) is 23.9. The Balaban J connectivity index is 1.47. The Morgan fingerprint density at radius 2 is 1.85 bits per heavy atom. The van der Waals surface area contributed by atoms with Gasteiger partial charge in [0, 0.05) is 23.6 Å². The summed E-state index contributed by atoms with van der Waals surface area (Å²) < 4.78 is 15.9. The van der Waals surface area contributed by atoms with Gasteiger partial charge in [0.25, 0.3) is 0 Å². The van der Waals surface area contributed by atoms with Crippen molar-refractivity contribution in [2.24, 2.45) is 0 Å². The van der Waals surface area contributed by atoms with E-state index in [1.807, 2.05) is 38.1 Å². The number of carbonyl (C=O) groups excluding carboxylic acids is 1. The van der Waals surface area contributed by atoms with Gasteiger partial charge in [0.05, 0.1) is 0 Å². The number of carbonyl (C=O) groups is 1. The van der Waals surface area contributed by atoms with Crippen LogP contribution >= 0.6 is 0 Å². The number of amides is 1. The molecule has 0 radical (unpaired) electrons. The van der Waals surface area contributed by atoms with Gasteiger partial charge in [-0.25, -0.2) is 4.79 Å². The lowest BCUT2D eigenvalue weighted by molar-refractivity contribution is -0.116. The summed E-state index contributed by atoms with van der Waals surface area (Å²) in [5.74, 6) is 1.37. The molecule has 138 valence electrons. The van der Waals surface area contributed by atoms with E-state index in [2.05, 4.69) is 5.32 Å². The van der Waals surface area contributed by atoms with Crippen molar-refractivity contribution in [3.8, 4) is 11.5 Å². The predicted molar refractivity (Wildman–Crippen MR) is 101 cm³/mol. The third-order valence-electron chi connectivity index (χ3n) is 4.65. The molecule has 1 amide bonds.